The number of carbonyl (C=O) groups is 2. The Balaban J connectivity index is 2.01. The first kappa shape index (κ1) is 23.3. The van der Waals surface area contributed by atoms with Crippen molar-refractivity contribution < 1.29 is 9.59 Å². The number of nitrogens with zero attached hydrogens (tertiary/aromatic N) is 1. The Morgan fingerprint density at radius 2 is 1.67 bits per heavy atom. The molecule has 0 aliphatic heterocycles. The van der Waals surface area contributed by atoms with Gasteiger partial charge in [-0.2, -0.15) is 5.10 Å². The third kappa shape index (κ3) is 13.2. The van der Waals surface area contributed by atoms with Gasteiger partial charge in [0.05, 0.1) is 12.8 Å². The van der Waals surface area contributed by atoms with Gasteiger partial charge in [0.25, 0.3) is 5.91 Å². The molecule has 0 aliphatic carbocycles. The fraction of sp³-hybridized carbons (Fsp3) is 0.571. The Bertz CT molecular complexity index is 591. The number of carbonyl (C=O) groups excluding carboxylic acids is 2. The molecule has 0 saturated carbocycles. The molecule has 2 N–H and O–H groups in total. The average molecular weight is 438 g/mol. The van der Waals surface area contributed by atoms with Crippen LogP contribution in [0, 0.1) is 0 Å². The maximum absolute atomic E-state index is 11.8. The van der Waals surface area contributed by atoms with E-state index in [1.54, 1.807) is 6.21 Å². The summed E-state index contributed by atoms with van der Waals surface area (Å²) in [5.41, 5.74) is 3.29. The number of rotatable bonds is 14. The number of halogens is 1. The van der Waals surface area contributed by atoms with Gasteiger partial charge in [0.2, 0.25) is 5.91 Å². The van der Waals surface area contributed by atoms with Gasteiger partial charge >= 0.3 is 0 Å². The van der Waals surface area contributed by atoms with Gasteiger partial charge in [0.1, 0.15) is 0 Å². The normalized spacial score (nSPS) is 10.9. The van der Waals surface area contributed by atoms with E-state index in [1.165, 1.54) is 44.9 Å². The predicted molar refractivity (Wildman–Crippen MR) is 115 cm³/mol. The van der Waals surface area contributed by atoms with Crippen LogP contribution in [0.15, 0.2) is 33.8 Å². The lowest BCUT2D eigenvalue weighted by atomic mass is 10.1. The van der Waals surface area contributed by atoms with Crippen molar-refractivity contribution in [3.63, 3.8) is 0 Å². The largest absolute Gasteiger partial charge is 0.347 e. The SMILES string of the molecule is CCCCCCCCCCCC(=O)NCC(=O)N/N=C/c1cccc(Br)c1. The summed E-state index contributed by atoms with van der Waals surface area (Å²) in [6.45, 7) is 2.18. The number of hydrogen-bond donors (Lipinski definition) is 2. The van der Waals surface area contributed by atoms with Crippen molar-refractivity contribution in [3.05, 3.63) is 34.3 Å². The monoisotopic (exact) mass is 437 g/mol. The second kappa shape index (κ2) is 15.4. The first-order chi connectivity index (χ1) is 13.1. The van der Waals surface area contributed by atoms with Gasteiger partial charge in [-0.15, -0.1) is 0 Å². The number of benzene rings is 1. The van der Waals surface area contributed by atoms with Crippen molar-refractivity contribution in [2.75, 3.05) is 6.54 Å². The van der Waals surface area contributed by atoms with E-state index in [0.717, 1.165) is 22.9 Å². The fourth-order valence-electron chi connectivity index (χ4n) is 2.67. The molecule has 5 nitrogen and oxygen atoms in total. The molecule has 2 amide bonds. The molecule has 0 heterocycles. The third-order valence-corrected chi connectivity index (χ3v) is 4.70. The Morgan fingerprint density at radius 3 is 2.33 bits per heavy atom. The van der Waals surface area contributed by atoms with Crippen LogP contribution in [0.5, 0.6) is 0 Å². The van der Waals surface area contributed by atoms with E-state index in [4.69, 9.17) is 0 Å². The molecule has 27 heavy (non-hydrogen) atoms. The molecule has 0 radical (unpaired) electrons. The van der Waals surface area contributed by atoms with Crippen LogP contribution < -0.4 is 10.7 Å². The number of hydrogen-bond acceptors (Lipinski definition) is 3. The average Bonchev–Trinajstić information content (AvgIpc) is 2.65. The van der Waals surface area contributed by atoms with Crippen LogP contribution in [0.4, 0.5) is 0 Å². The van der Waals surface area contributed by atoms with Gasteiger partial charge < -0.3 is 5.32 Å². The molecule has 6 heteroatoms. The second-order valence-corrected chi connectivity index (χ2v) is 7.62. The van der Waals surface area contributed by atoms with Crippen molar-refractivity contribution >= 4 is 34.0 Å². The molecule has 0 bridgehead atoms. The van der Waals surface area contributed by atoms with Crippen molar-refractivity contribution in [1.82, 2.24) is 10.7 Å². The maximum Gasteiger partial charge on any atom is 0.259 e. The lowest BCUT2D eigenvalue weighted by molar-refractivity contribution is -0.126. The number of nitrogens with one attached hydrogen (secondary N) is 2. The van der Waals surface area contributed by atoms with Crippen LogP contribution in [-0.2, 0) is 9.59 Å². The van der Waals surface area contributed by atoms with Crippen LogP contribution in [-0.4, -0.2) is 24.6 Å². The minimum absolute atomic E-state index is 0.0495. The van der Waals surface area contributed by atoms with Gasteiger partial charge in [-0.1, -0.05) is 86.4 Å². The van der Waals surface area contributed by atoms with Crippen LogP contribution >= 0.6 is 15.9 Å². The van der Waals surface area contributed by atoms with E-state index in [2.05, 4.69) is 38.7 Å². The Kier molecular flexibility index (Phi) is 13.3. The van der Waals surface area contributed by atoms with E-state index in [-0.39, 0.29) is 18.4 Å². The van der Waals surface area contributed by atoms with Crippen LogP contribution in [0.3, 0.4) is 0 Å². The summed E-state index contributed by atoms with van der Waals surface area (Å²) in [6, 6.07) is 7.58. The van der Waals surface area contributed by atoms with Crippen molar-refractivity contribution in [3.8, 4) is 0 Å². The summed E-state index contributed by atoms with van der Waals surface area (Å²) in [5, 5.41) is 6.52. The summed E-state index contributed by atoms with van der Waals surface area (Å²) < 4.78 is 0.946. The van der Waals surface area contributed by atoms with Gasteiger partial charge in [-0.25, -0.2) is 5.43 Å². The molecule has 0 spiro atoms. The summed E-state index contributed by atoms with van der Waals surface area (Å²) in [7, 11) is 0. The second-order valence-electron chi connectivity index (χ2n) is 6.70. The molecular weight excluding hydrogens is 406 g/mol. The Hall–Kier alpha value is -1.69. The summed E-state index contributed by atoms with van der Waals surface area (Å²) >= 11 is 3.37. The molecule has 0 atom stereocenters. The minimum Gasteiger partial charge on any atom is -0.347 e. The number of hydrazone groups is 1. The van der Waals surface area contributed by atoms with Crippen molar-refractivity contribution in [2.45, 2.75) is 71.1 Å². The first-order valence-electron chi connectivity index (χ1n) is 9.96. The van der Waals surface area contributed by atoms with Gasteiger partial charge in [0.15, 0.2) is 0 Å². The molecule has 0 aromatic heterocycles. The molecule has 1 aromatic rings. The third-order valence-electron chi connectivity index (χ3n) is 4.21. The first-order valence-corrected chi connectivity index (χ1v) is 10.7. The van der Waals surface area contributed by atoms with Crippen molar-refractivity contribution in [1.29, 1.82) is 0 Å². The van der Waals surface area contributed by atoms with Crippen LogP contribution in [0.2, 0.25) is 0 Å². The Labute approximate surface area is 171 Å². The molecule has 150 valence electrons. The summed E-state index contributed by atoms with van der Waals surface area (Å²) in [6.07, 6.45) is 13.0. The van der Waals surface area contributed by atoms with Gasteiger partial charge in [0, 0.05) is 10.9 Å². The number of amides is 2. The summed E-state index contributed by atoms with van der Waals surface area (Å²) in [4.78, 5) is 23.4. The number of unbranched alkanes of at least 4 members (excludes halogenated alkanes) is 8. The molecule has 1 aromatic carbocycles. The van der Waals surface area contributed by atoms with E-state index in [0.29, 0.717) is 6.42 Å². The van der Waals surface area contributed by atoms with E-state index in [1.807, 2.05) is 24.3 Å². The lowest BCUT2D eigenvalue weighted by Gasteiger charge is -2.05. The van der Waals surface area contributed by atoms with Crippen molar-refractivity contribution in [2.24, 2.45) is 5.10 Å². The molecule has 0 saturated heterocycles. The highest BCUT2D eigenvalue weighted by Crippen LogP contribution is 2.11. The Morgan fingerprint density at radius 1 is 1.00 bits per heavy atom. The van der Waals surface area contributed by atoms with E-state index >= 15 is 0 Å². The summed E-state index contributed by atoms with van der Waals surface area (Å²) in [5.74, 6) is -0.411. The molecule has 0 aliphatic rings. The molecule has 0 unspecified atom stereocenters. The molecule has 1 rings (SSSR count). The quantitative estimate of drug-likeness (QED) is 0.246. The fourth-order valence-corrected chi connectivity index (χ4v) is 3.09. The standard InChI is InChI=1S/C21H32BrN3O2/c1-2-3-4-5-6-7-8-9-10-14-20(26)23-17-21(27)25-24-16-18-12-11-13-19(22)15-18/h11-13,15-16H,2-10,14,17H2,1H3,(H,23,26)(H,25,27)/b24-16+. The highest BCUT2D eigenvalue weighted by atomic mass is 79.9. The highest BCUT2D eigenvalue weighted by Gasteiger charge is 2.04. The lowest BCUT2D eigenvalue weighted by Crippen LogP contribution is -2.34. The maximum atomic E-state index is 11.8. The van der Waals surface area contributed by atoms with Crippen LogP contribution in [0.1, 0.15) is 76.7 Å². The highest BCUT2D eigenvalue weighted by molar-refractivity contribution is 9.10. The van der Waals surface area contributed by atoms with Crippen LogP contribution in [0.25, 0.3) is 0 Å². The molecule has 0 fully saturated rings. The zero-order valence-electron chi connectivity index (χ0n) is 16.3. The topological polar surface area (TPSA) is 70.6 Å². The zero-order valence-corrected chi connectivity index (χ0v) is 17.9. The smallest absolute Gasteiger partial charge is 0.259 e. The van der Waals surface area contributed by atoms with Gasteiger partial charge in [-0.05, 0) is 24.1 Å². The van der Waals surface area contributed by atoms with Gasteiger partial charge in [-0.3, -0.25) is 9.59 Å². The predicted octanol–water partition coefficient (Wildman–Crippen LogP) is 4.94. The van der Waals surface area contributed by atoms with E-state index in [9.17, 15) is 9.59 Å². The minimum atomic E-state index is -0.332. The van der Waals surface area contributed by atoms with E-state index < -0.39 is 0 Å². The zero-order chi connectivity index (χ0) is 19.7. The molecular formula is C21H32BrN3O2.